The number of thioether (sulfide) groups is 1. The fraction of sp³-hybridized carbons (Fsp3) is 0.143. The number of amides is 2. The van der Waals surface area contributed by atoms with Crippen molar-refractivity contribution in [3.05, 3.63) is 30.7 Å². The van der Waals surface area contributed by atoms with Crippen LogP contribution in [0.4, 0.5) is 11.7 Å². The number of thiazole rings is 1. The molecule has 3 rings (SSSR count). The van der Waals surface area contributed by atoms with Crippen LogP contribution in [0, 0.1) is 0 Å². The molecule has 7 nitrogen and oxygen atoms in total. The average Bonchev–Trinajstić information content (AvgIpc) is 3.21. The van der Waals surface area contributed by atoms with Gasteiger partial charge in [-0.2, -0.15) is 0 Å². The van der Waals surface area contributed by atoms with Crippen LogP contribution < -0.4 is 10.6 Å². The summed E-state index contributed by atoms with van der Waals surface area (Å²) >= 11 is 8.23. The number of oxazole rings is 1. The first-order chi connectivity index (χ1) is 11.6. The molecule has 2 aromatic heterocycles. The predicted octanol–water partition coefficient (Wildman–Crippen LogP) is 3.19. The Balaban J connectivity index is 1.62. The number of carbonyl (C=O) groups excluding carboxylic acids is 2. The van der Waals surface area contributed by atoms with Crippen LogP contribution in [-0.2, 0) is 9.59 Å². The van der Waals surface area contributed by atoms with Crippen LogP contribution in [0.3, 0.4) is 0 Å². The molecule has 2 amide bonds. The second-order valence-electron chi connectivity index (χ2n) is 4.52. The number of hydrogen-bond donors (Lipinski definition) is 2. The summed E-state index contributed by atoms with van der Waals surface area (Å²) in [5.74, 6) is -0.394. The van der Waals surface area contributed by atoms with Gasteiger partial charge in [-0.05, 0) is 18.2 Å². The molecule has 0 fully saturated rings. The molecule has 1 aromatic carbocycles. The first-order valence-corrected chi connectivity index (χ1v) is 9.06. The van der Waals surface area contributed by atoms with Crippen LogP contribution in [0.25, 0.3) is 10.2 Å². The molecule has 0 unspecified atom stereocenters. The second kappa shape index (κ2) is 7.65. The van der Waals surface area contributed by atoms with E-state index < -0.39 is 0 Å². The third-order valence-corrected chi connectivity index (χ3v) is 5.18. The summed E-state index contributed by atoms with van der Waals surface area (Å²) in [6.45, 7) is 0. The monoisotopic (exact) mass is 382 g/mol. The molecule has 2 heterocycles. The average molecular weight is 383 g/mol. The lowest BCUT2D eigenvalue weighted by atomic mass is 10.3. The topological polar surface area (TPSA) is 97.1 Å². The molecular formula is C14H11ClN4O3S2. The molecule has 0 saturated heterocycles. The van der Waals surface area contributed by atoms with Crippen LogP contribution in [0.1, 0.15) is 0 Å². The summed E-state index contributed by atoms with van der Waals surface area (Å²) in [6, 6.07) is 5.57. The van der Waals surface area contributed by atoms with Crippen molar-refractivity contribution < 1.29 is 14.0 Å². The van der Waals surface area contributed by atoms with E-state index in [1.807, 2.05) is 12.1 Å². The largest absolute Gasteiger partial charge is 0.432 e. The number of benzene rings is 1. The van der Waals surface area contributed by atoms with Gasteiger partial charge in [0.05, 0.1) is 22.2 Å². The van der Waals surface area contributed by atoms with Gasteiger partial charge >= 0.3 is 6.01 Å². The van der Waals surface area contributed by atoms with Crippen molar-refractivity contribution >= 4 is 68.4 Å². The smallest absolute Gasteiger partial charge is 0.301 e. The Bertz CT molecular complexity index is 866. The van der Waals surface area contributed by atoms with Crippen molar-refractivity contribution in [1.29, 1.82) is 0 Å². The van der Waals surface area contributed by atoms with E-state index in [-0.39, 0.29) is 29.5 Å². The van der Waals surface area contributed by atoms with Crippen molar-refractivity contribution in [1.82, 2.24) is 9.97 Å². The van der Waals surface area contributed by atoms with Gasteiger partial charge in [0.15, 0.2) is 4.34 Å². The van der Waals surface area contributed by atoms with Crippen LogP contribution in [0.15, 0.2) is 39.4 Å². The van der Waals surface area contributed by atoms with Gasteiger partial charge in [-0.15, -0.1) is 22.9 Å². The minimum absolute atomic E-state index is 0.0958. The van der Waals surface area contributed by atoms with Gasteiger partial charge in [0, 0.05) is 5.69 Å². The normalized spacial score (nSPS) is 10.7. The molecule has 0 spiro atoms. The van der Waals surface area contributed by atoms with Gasteiger partial charge in [0.25, 0.3) is 0 Å². The van der Waals surface area contributed by atoms with Crippen molar-refractivity contribution in [3.8, 4) is 0 Å². The molecule has 0 aliphatic rings. The number of hydrogen-bond acceptors (Lipinski definition) is 7. The Morgan fingerprint density at radius 2 is 2.17 bits per heavy atom. The van der Waals surface area contributed by atoms with Gasteiger partial charge < -0.3 is 9.73 Å². The van der Waals surface area contributed by atoms with Crippen LogP contribution in [-0.4, -0.2) is 33.4 Å². The summed E-state index contributed by atoms with van der Waals surface area (Å²) in [5.41, 5.74) is 1.47. The van der Waals surface area contributed by atoms with Crippen molar-refractivity contribution in [3.63, 3.8) is 0 Å². The standard InChI is InChI=1S/C14H11ClN4O3S2/c15-6-11(20)17-8-1-2-9-10(5-8)24-14(18-9)23-7-12(21)19-13-16-3-4-22-13/h1-5H,6-7H2,(H,17,20)(H,16,19,21). The molecule has 0 aliphatic heterocycles. The Kier molecular flexibility index (Phi) is 5.34. The van der Waals surface area contributed by atoms with E-state index in [9.17, 15) is 9.59 Å². The van der Waals surface area contributed by atoms with Crippen molar-refractivity contribution in [2.45, 2.75) is 4.34 Å². The number of halogens is 1. The van der Waals surface area contributed by atoms with Crippen molar-refractivity contribution in [2.75, 3.05) is 22.3 Å². The first kappa shape index (κ1) is 16.7. The summed E-state index contributed by atoms with van der Waals surface area (Å²) in [7, 11) is 0. The Morgan fingerprint density at radius 1 is 1.29 bits per heavy atom. The highest BCUT2D eigenvalue weighted by atomic mass is 35.5. The summed E-state index contributed by atoms with van der Waals surface area (Å²) < 4.78 is 6.62. The lowest BCUT2D eigenvalue weighted by molar-refractivity contribution is -0.114. The minimum atomic E-state index is -0.265. The lowest BCUT2D eigenvalue weighted by Crippen LogP contribution is -2.14. The van der Waals surface area contributed by atoms with E-state index in [1.165, 1.54) is 35.6 Å². The fourth-order valence-corrected chi connectivity index (χ4v) is 3.78. The van der Waals surface area contributed by atoms with Gasteiger partial charge in [-0.1, -0.05) is 11.8 Å². The number of nitrogens with zero attached hydrogens (tertiary/aromatic N) is 2. The highest BCUT2D eigenvalue weighted by molar-refractivity contribution is 8.01. The highest BCUT2D eigenvalue weighted by Crippen LogP contribution is 2.31. The van der Waals surface area contributed by atoms with E-state index in [0.717, 1.165) is 14.6 Å². The third kappa shape index (κ3) is 4.25. The molecule has 124 valence electrons. The molecular weight excluding hydrogens is 372 g/mol. The number of nitrogens with one attached hydrogen (secondary N) is 2. The number of rotatable bonds is 6. The Labute approximate surface area is 149 Å². The molecule has 0 saturated carbocycles. The molecule has 2 N–H and O–H groups in total. The maximum Gasteiger partial charge on any atom is 0.301 e. The zero-order valence-electron chi connectivity index (χ0n) is 12.1. The van der Waals surface area contributed by atoms with Gasteiger partial charge in [0.2, 0.25) is 11.8 Å². The van der Waals surface area contributed by atoms with Crippen LogP contribution in [0.5, 0.6) is 0 Å². The second-order valence-corrected chi connectivity index (χ2v) is 7.04. The van der Waals surface area contributed by atoms with Gasteiger partial charge in [-0.3, -0.25) is 14.9 Å². The number of aromatic nitrogens is 2. The van der Waals surface area contributed by atoms with Gasteiger partial charge in [0.1, 0.15) is 12.1 Å². The Morgan fingerprint density at radius 3 is 2.92 bits per heavy atom. The van der Waals surface area contributed by atoms with Crippen LogP contribution in [0.2, 0.25) is 0 Å². The predicted molar refractivity (Wildman–Crippen MR) is 94.8 cm³/mol. The molecule has 24 heavy (non-hydrogen) atoms. The summed E-state index contributed by atoms with van der Waals surface area (Å²) in [5, 5.41) is 5.23. The maximum absolute atomic E-state index is 11.8. The zero-order chi connectivity index (χ0) is 16.9. The highest BCUT2D eigenvalue weighted by Gasteiger charge is 2.10. The number of alkyl halides is 1. The molecule has 3 aromatic rings. The van der Waals surface area contributed by atoms with E-state index in [1.54, 1.807) is 6.07 Å². The van der Waals surface area contributed by atoms with E-state index in [0.29, 0.717) is 5.69 Å². The molecule has 0 aliphatic carbocycles. The van der Waals surface area contributed by atoms with Crippen LogP contribution >= 0.6 is 34.7 Å². The van der Waals surface area contributed by atoms with E-state index in [4.69, 9.17) is 16.0 Å². The zero-order valence-corrected chi connectivity index (χ0v) is 14.5. The molecule has 0 radical (unpaired) electrons. The van der Waals surface area contributed by atoms with Crippen molar-refractivity contribution in [2.24, 2.45) is 0 Å². The van der Waals surface area contributed by atoms with Gasteiger partial charge in [-0.25, -0.2) is 9.97 Å². The maximum atomic E-state index is 11.8. The lowest BCUT2D eigenvalue weighted by Gasteiger charge is -2.01. The molecule has 10 heteroatoms. The van der Waals surface area contributed by atoms with E-state index >= 15 is 0 Å². The fourth-order valence-electron chi connectivity index (χ4n) is 1.81. The summed E-state index contributed by atoms with van der Waals surface area (Å²) in [4.78, 5) is 31.4. The SMILES string of the molecule is O=C(CCl)Nc1ccc2nc(SCC(=O)Nc3ncco3)sc2c1. The third-order valence-electron chi connectivity index (χ3n) is 2.78. The molecule has 0 bridgehead atoms. The quantitative estimate of drug-likeness (QED) is 0.502. The minimum Gasteiger partial charge on any atom is -0.432 e. The first-order valence-electron chi connectivity index (χ1n) is 6.72. The number of carbonyl (C=O) groups is 2. The number of anilines is 2. The summed E-state index contributed by atoms with van der Waals surface area (Å²) in [6.07, 6.45) is 2.84. The Hall–Kier alpha value is -2.10. The number of fused-ring (bicyclic) bond motifs is 1. The molecule has 0 atom stereocenters. The van der Waals surface area contributed by atoms with E-state index in [2.05, 4.69) is 20.6 Å².